The van der Waals surface area contributed by atoms with Gasteiger partial charge in [-0.3, -0.25) is 4.18 Å². The molecule has 0 bridgehead atoms. The smallest absolute Gasteiger partial charge is 0.336 e. The molecule has 5 nitrogen and oxygen atoms in total. The van der Waals surface area contributed by atoms with Gasteiger partial charge in [0.05, 0.1) is 6.61 Å². The topological polar surface area (TPSA) is 69.7 Å². The summed E-state index contributed by atoms with van der Waals surface area (Å²) in [7, 11) is -5.55. The summed E-state index contributed by atoms with van der Waals surface area (Å²) in [6, 6.07) is 8.42. The average molecular weight is 438 g/mol. The van der Waals surface area contributed by atoms with E-state index in [2.05, 4.69) is 8.92 Å². The Balaban J connectivity index is 2.38. The molecular weight excluding hydrogens is 423 g/mol. The number of benzene rings is 2. The van der Waals surface area contributed by atoms with Gasteiger partial charge in [-0.1, -0.05) is 30.3 Å². The zero-order chi connectivity index (χ0) is 21.8. The van der Waals surface area contributed by atoms with Crippen molar-refractivity contribution in [3.8, 4) is 0 Å². The molecule has 0 fully saturated rings. The largest absolute Gasteiger partial charge is 0.464 e. The maximum Gasteiger partial charge on any atom is 0.336 e. The fourth-order valence-electron chi connectivity index (χ4n) is 2.39. The van der Waals surface area contributed by atoms with Crippen LogP contribution in [0.25, 0.3) is 0 Å². The molecule has 2 aromatic rings. The van der Waals surface area contributed by atoms with E-state index < -0.39 is 56.2 Å². The van der Waals surface area contributed by atoms with Gasteiger partial charge < -0.3 is 4.74 Å². The molecule has 158 valence electrons. The van der Waals surface area contributed by atoms with Gasteiger partial charge >= 0.3 is 16.1 Å². The van der Waals surface area contributed by atoms with E-state index >= 15 is 0 Å². The van der Waals surface area contributed by atoms with Crippen molar-refractivity contribution in [2.45, 2.75) is 30.8 Å². The molecule has 0 saturated heterocycles. The van der Waals surface area contributed by atoms with Crippen molar-refractivity contribution in [3.63, 3.8) is 0 Å². The normalized spacial score (nSPS) is 12.6. The molecule has 0 saturated carbocycles. The van der Waals surface area contributed by atoms with Gasteiger partial charge in [-0.05, 0) is 25.3 Å². The summed E-state index contributed by atoms with van der Waals surface area (Å²) in [6.07, 6.45) is -2.05. The third-order valence-corrected chi connectivity index (χ3v) is 5.09. The van der Waals surface area contributed by atoms with Gasteiger partial charge in [-0.15, -0.1) is 0 Å². The quantitative estimate of drug-likeness (QED) is 0.207. The monoisotopic (exact) mass is 438 g/mol. The van der Waals surface area contributed by atoms with E-state index in [1.807, 2.05) is 0 Å². The number of esters is 1. The molecule has 0 amide bonds. The van der Waals surface area contributed by atoms with Crippen LogP contribution in [0.4, 0.5) is 22.0 Å². The minimum absolute atomic E-state index is 0.108. The highest BCUT2D eigenvalue weighted by atomic mass is 32.2. The first kappa shape index (κ1) is 22.8. The van der Waals surface area contributed by atoms with Crippen LogP contribution in [-0.4, -0.2) is 27.1 Å². The molecule has 0 heterocycles. The van der Waals surface area contributed by atoms with E-state index in [1.165, 1.54) is 6.92 Å². The maximum atomic E-state index is 13.9. The van der Waals surface area contributed by atoms with E-state index in [1.54, 1.807) is 30.3 Å². The molecule has 0 aliphatic rings. The van der Waals surface area contributed by atoms with Crippen LogP contribution < -0.4 is 0 Å². The average Bonchev–Trinajstić information content (AvgIpc) is 2.69. The molecule has 0 aliphatic carbocycles. The van der Waals surface area contributed by atoms with E-state index in [0.717, 1.165) is 0 Å². The van der Waals surface area contributed by atoms with Crippen LogP contribution in [0, 0.1) is 29.1 Å². The summed E-state index contributed by atoms with van der Waals surface area (Å²) in [5.41, 5.74) is 0.680. The second-order valence-corrected chi connectivity index (χ2v) is 7.22. The lowest BCUT2D eigenvalue weighted by Crippen LogP contribution is -2.31. The number of carbonyl (C=O) groups is 1. The van der Waals surface area contributed by atoms with Crippen LogP contribution in [-0.2, 0) is 30.3 Å². The second-order valence-electron chi connectivity index (χ2n) is 5.71. The van der Waals surface area contributed by atoms with Gasteiger partial charge in [0, 0.05) is 0 Å². The van der Waals surface area contributed by atoms with Crippen molar-refractivity contribution < 1.29 is 44.1 Å². The fraction of sp³-hybridized carbons (Fsp3) is 0.278. The zero-order valence-electron chi connectivity index (χ0n) is 14.9. The lowest BCUT2D eigenvalue weighted by molar-refractivity contribution is -0.151. The molecular formula is C18H15F5O5S. The van der Waals surface area contributed by atoms with Crippen LogP contribution in [0.5, 0.6) is 0 Å². The molecule has 29 heavy (non-hydrogen) atoms. The highest BCUT2D eigenvalue weighted by Gasteiger charge is 2.37. The molecule has 2 rings (SSSR count). The Labute approximate surface area is 163 Å². The number of hydrogen-bond donors (Lipinski definition) is 0. The predicted octanol–water partition coefficient (Wildman–Crippen LogP) is 3.65. The third kappa shape index (κ3) is 5.10. The molecule has 1 atom stereocenters. The van der Waals surface area contributed by atoms with Crippen molar-refractivity contribution in [2.75, 3.05) is 6.61 Å². The Hall–Kier alpha value is -2.53. The summed E-state index contributed by atoms with van der Waals surface area (Å²) in [4.78, 5) is 9.85. The zero-order valence-corrected chi connectivity index (χ0v) is 15.7. The lowest BCUT2D eigenvalue weighted by atomic mass is 10.1. The van der Waals surface area contributed by atoms with Gasteiger partial charge in [0.15, 0.2) is 34.3 Å². The van der Waals surface area contributed by atoms with Crippen LogP contribution >= 0.6 is 0 Å². The number of halogens is 5. The molecule has 11 heteroatoms. The van der Waals surface area contributed by atoms with Crippen molar-refractivity contribution in [2.24, 2.45) is 0 Å². The van der Waals surface area contributed by atoms with Gasteiger partial charge in [0.2, 0.25) is 5.82 Å². The number of hydrogen-bond acceptors (Lipinski definition) is 5. The number of ether oxygens (including phenoxy) is 1. The Morgan fingerprint density at radius 3 is 1.97 bits per heavy atom. The van der Waals surface area contributed by atoms with E-state index in [-0.39, 0.29) is 19.4 Å². The summed E-state index contributed by atoms with van der Waals surface area (Å²) in [5, 5.41) is 0. The summed E-state index contributed by atoms with van der Waals surface area (Å²) in [6.45, 7) is 1.26. The molecule has 0 aromatic heterocycles. The molecule has 0 spiro atoms. The maximum absolute atomic E-state index is 13.9. The summed E-state index contributed by atoms with van der Waals surface area (Å²) in [5.74, 6) is -13.8. The molecule has 0 aliphatic heterocycles. The first-order valence-electron chi connectivity index (χ1n) is 8.25. The third-order valence-electron chi connectivity index (χ3n) is 3.75. The predicted molar refractivity (Wildman–Crippen MR) is 89.7 cm³/mol. The highest BCUT2D eigenvalue weighted by Crippen LogP contribution is 2.29. The fourth-order valence-corrected chi connectivity index (χ4v) is 3.58. The standard InChI is InChI=1S/C18H15F5O5S/c1-2-27-18(24)11(9-8-10-6-4-3-5-7-10)28-29(25,26)17-15(22)13(20)12(19)14(21)16(17)23/h3-7,11H,2,8-9H2,1H3/t11-/m1/s1. The first-order valence-corrected chi connectivity index (χ1v) is 9.66. The van der Waals surface area contributed by atoms with Crippen LogP contribution in [0.2, 0.25) is 0 Å². The van der Waals surface area contributed by atoms with Gasteiger partial charge in [-0.25, -0.2) is 26.7 Å². The minimum Gasteiger partial charge on any atom is -0.464 e. The van der Waals surface area contributed by atoms with Crippen LogP contribution in [0.15, 0.2) is 35.2 Å². The van der Waals surface area contributed by atoms with E-state index in [4.69, 9.17) is 0 Å². The Kier molecular flexibility index (Phi) is 7.31. The Bertz CT molecular complexity index is 966. The van der Waals surface area contributed by atoms with Crippen molar-refractivity contribution >= 4 is 16.1 Å². The van der Waals surface area contributed by atoms with Gasteiger partial charge in [0.1, 0.15) is 0 Å². The summed E-state index contributed by atoms with van der Waals surface area (Å²) < 4.78 is 101. The van der Waals surface area contributed by atoms with Gasteiger partial charge in [-0.2, -0.15) is 8.42 Å². The minimum atomic E-state index is -5.55. The Morgan fingerprint density at radius 2 is 1.45 bits per heavy atom. The second kappa shape index (κ2) is 9.31. The molecule has 2 aromatic carbocycles. The van der Waals surface area contributed by atoms with Crippen molar-refractivity contribution in [3.05, 3.63) is 65.0 Å². The highest BCUT2D eigenvalue weighted by molar-refractivity contribution is 7.86. The van der Waals surface area contributed by atoms with Crippen molar-refractivity contribution in [1.29, 1.82) is 0 Å². The number of rotatable bonds is 8. The first-order chi connectivity index (χ1) is 13.6. The van der Waals surface area contributed by atoms with Crippen LogP contribution in [0.3, 0.4) is 0 Å². The summed E-state index contributed by atoms with van der Waals surface area (Å²) >= 11 is 0. The lowest BCUT2D eigenvalue weighted by Gasteiger charge is -2.17. The Morgan fingerprint density at radius 1 is 0.931 bits per heavy atom. The van der Waals surface area contributed by atoms with E-state index in [0.29, 0.717) is 5.56 Å². The van der Waals surface area contributed by atoms with Gasteiger partial charge in [0.25, 0.3) is 0 Å². The number of aryl methyl sites for hydroxylation is 1. The molecule has 0 N–H and O–H groups in total. The SMILES string of the molecule is CCOC(=O)[C@@H](CCc1ccccc1)OS(=O)(=O)c1c(F)c(F)c(F)c(F)c1F. The molecule has 0 unspecified atom stereocenters. The van der Waals surface area contributed by atoms with E-state index in [9.17, 15) is 35.2 Å². The van der Waals surface area contributed by atoms with Crippen molar-refractivity contribution in [1.82, 2.24) is 0 Å². The molecule has 0 radical (unpaired) electrons. The number of carbonyl (C=O) groups excluding carboxylic acids is 1. The van der Waals surface area contributed by atoms with Crippen LogP contribution in [0.1, 0.15) is 18.9 Å².